The van der Waals surface area contributed by atoms with Gasteiger partial charge in [-0.3, -0.25) is 0 Å². The highest BCUT2D eigenvalue weighted by Gasteiger charge is 2.14. The van der Waals surface area contributed by atoms with Crippen LogP contribution in [-0.2, 0) is 6.61 Å². The van der Waals surface area contributed by atoms with Crippen molar-refractivity contribution >= 4 is 0 Å². The molecule has 0 saturated heterocycles. The average Bonchev–Trinajstić information content (AvgIpc) is 2.86. The fraction of sp³-hybridized carbons (Fsp3) is 0.250. The van der Waals surface area contributed by atoms with Crippen molar-refractivity contribution in [3.63, 3.8) is 0 Å². The zero-order valence-electron chi connectivity index (χ0n) is 9.64. The second kappa shape index (κ2) is 4.88. The van der Waals surface area contributed by atoms with Crippen LogP contribution < -0.4 is 9.47 Å². The first-order chi connectivity index (χ1) is 8.30. The maximum atomic E-state index is 8.94. The maximum absolute atomic E-state index is 8.94. The van der Waals surface area contributed by atoms with E-state index < -0.39 is 0 Å². The van der Waals surface area contributed by atoms with E-state index in [0.29, 0.717) is 23.0 Å². The van der Waals surface area contributed by atoms with Crippen LogP contribution in [0.4, 0.5) is 0 Å². The number of rotatable bonds is 4. The van der Waals surface area contributed by atoms with Crippen LogP contribution in [-0.4, -0.2) is 24.5 Å². The lowest BCUT2D eigenvalue weighted by atomic mass is 10.1. The highest BCUT2D eigenvalue weighted by atomic mass is 16.5. The van der Waals surface area contributed by atoms with Gasteiger partial charge in [0.1, 0.15) is 12.3 Å². The number of hydrogen-bond acceptors (Lipinski definition) is 5. The molecule has 0 atom stereocenters. The van der Waals surface area contributed by atoms with Gasteiger partial charge in [0.15, 0.2) is 17.3 Å². The maximum Gasteiger partial charge on any atom is 0.170 e. The van der Waals surface area contributed by atoms with Gasteiger partial charge in [-0.05, 0) is 12.1 Å². The third-order valence-corrected chi connectivity index (χ3v) is 2.39. The smallest absolute Gasteiger partial charge is 0.170 e. The summed E-state index contributed by atoms with van der Waals surface area (Å²) in [6, 6.07) is 7.15. The summed E-state index contributed by atoms with van der Waals surface area (Å²) >= 11 is 0. The third kappa shape index (κ3) is 2.09. The van der Waals surface area contributed by atoms with Crippen LogP contribution in [0.3, 0.4) is 0 Å². The zero-order valence-corrected chi connectivity index (χ0v) is 9.64. The first-order valence-corrected chi connectivity index (χ1v) is 5.08. The Morgan fingerprint density at radius 1 is 1.29 bits per heavy atom. The molecular formula is C12H13NO4. The Hall–Kier alpha value is -2.01. The molecule has 0 unspecified atom stereocenters. The lowest BCUT2D eigenvalue weighted by molar-refractivity contribution is 0.229. The van der Waals surface area contributed by atoms with Gasteiger partial charge >= 0.3 is 0 Å². The summed E-state index contributed by atoms with van der Waals surface area (Å²) in [4.78, 5) is 0. The normalized spacial score (nSPS) is 10.3. The van der Waals surface area contributed by atoms with Gasteiger partial charge < -0.3 is 19.1 Å². The van der Waals surface area contributed by atoms with Crippen LogP contribution in [0.2, 0.25) is 0 Å². The molecule has 0 aliphatic rings. The highest BCUT2D eigenvalue weighted by Crippen LogP contribution is 2.37. The monoisotopic (exact) mass is 235 g/mol. The minimum atomic E-state index is -0.181. The third-order valence-electron chi connectivity index (χ3n) is 2.39. The van der Waals surface area contributed by atoms with Crippen LogP contribution in [0.25, 0.3) is 11.3 Å². The Balaban J connectivity index is 2.50. The summed E-state index contributed by atoms with van der Waals surface area (Å²) in [5, 5.41) is 12.8. The number of aromatic nitrogens is 1. The van der Waals surface area contributed by atoms with Crippen molar-refractivity contribution in [3.05, 3.63) is 30.0 Å². The van der Waals surface area contributed by atoms with Crippen molar-refractivity contribution in [2.75, 3.05) is 14.2 Å². The number of para-hydroxylation sites is 1. The average molecular weight is 235 g/mol. The molecule has 0 fully saturated rings. The first kappa shape index (κ1) is 11.5. The molecule has 17 heavy (non-hydrogen) atoms. The SMILES string of the molecule is COc1cccc(-c2cc(CO)on2)c1OC. The summed E-state index contributed by atoms with van der Waals surface area (Å²) in [5.41, 5.74) is 1.36. The van der Waals surface area contributed by atoms with Crippen molar-refractivity contribution in [1.29, 1.82) is 0 Å². The van der Waals surface area contributed by atoms with Crippen LogP contribution >= 0.6 is 0 Å². The zero-order chi connectivity index (χ0) is 12.3. The van der Waals surface area contributed by atoms with Gasteiger partial charge in [-0.2, -0.15) is 0 Å². The number of nitrogens with zero attached hydrogens (tertiary/aromatic N) is 1. The Morgan fingerprint density at radius 3 is 2.71 bits per heavy atom. The largest absolute Gasteiger partial charge is 0.493 e. The number of hydrogen-bond donors (Lipinski definition) is 1. The summed E-state index contributed by atoms with van der Waals surface area (Å²) in [6.07, 6.45) is 0. The van der Waals surface area contributed by atoms with Crippen molar-refractivity contribution in [2.45, 2.75) is 6.61 Å². The van der Waals surface area contributed by atoms with Gasteiger partial charge in [-0.25, -0.2) is 0 Å². The molecule has 2 aromatic rings. The fourth-order valence-corrected chi connectivity index (χ4v) is 1.60. The van der Waals surface area contributed by atoms with E-state index in [4.69, 9.17) is 19.1 Å². The molecule has 2 rings (SSSR count). The van der Waals surface area contributed by atoms with Gasteiger partial charge in [-0.15, -0.1) is 0 Å². The van der Waals surface area contributed by atoms with Gasteiger partial charge in [0, 0.05) is 11.6 Å². The molecule has 5 nitrogen and oxygen atoms in total. The van der Waals surface area contributed by atoms with Gasteiger partial charge in [-0.1, -0.05) is 11.2 Å². The van der Waals surface area contributed by atoms with Crippen LogP contribution in [0.1, 0.15) is 5.76 Å². The van der Waals surface area contributed by atoms with E-state index in [1.54, 1.807) is 26.4 Å². The minimum Gasteiger partial charge on any atom is -0.493 e. The van der Waals surface area contributed by atoms with Gasteiger partial charge in [0.25, 0.3) is 0 Å². The summed E-state index contributed by atoms with van der Waals surface area (Å²) in [7, 11) is 3.14. The highest BCUT2D eigenvalue weighted by molar-refractivity contribution is 5.71. The lowest BCUT2D eigenvalue weighted by Crippen LogP contribution is -1.93. The lowest BCUT2D eigenvalue weighted by Gasteiger charge is -2.10. The Kier molecular flexibility index (Phi) is 3.30. The van der Waals surface area contributed by atoms with Gasteiger partial charge in [0.2, 0.25) is 0 Å². The molecule has 1 aromatic carbocycles. The number of aliphatic hydroxyl groups excluding tert-OH is 1. The Morgan fingerprint density at radius 2 is 2.12 bits per heavy atom. The molecule has 1 heterocycles. The topological polar surface area (TPSA) is 64.7 Å². The molecule has 0 aliphatic heterocycles. The molecule has 5 heteroatoms. The Bertz CT molecular complexity index is 507. The predicted molar refractivity (Wildman–Crippen MR) is 61.0 cm³/mol. The molecule has 1 N–H and O–H groups in total. The molecule has 0 amide bonds. The van der Waals surface area contributed by atoms with Crippen molar-refractivity contribution in [2.24, 2.45) is 0 Å². The molecular weight excluding hydrogens is 222 g/mol. The molecule has 0 radical (unpaired) electrons. The van der Waals surface area contributed by atoms with Gasteiger partial charge in [0.05, 0.1) is 14.2 Å². The standard InChI is InChI=1S/C12H13NO4/c1-15-11-5-3-4-9(12(11)16-2)10-6-8(7-14)17-13-10/h3-6,14H,7H2,1-2H3. The van der Waals surface area contributed by atoms with E-state index in [1.807, 2.05) is 12.1 Å². The number of methoxy groups -OCH3 is 2. The van der Waals surface area contributed by atoms with E-state index >= 15 is 0 Å². The van der Waals surface area contributed by atoms with Crippen LogP contribution in [0, 0.1) is 0 Å². The second-order valence-electron chi connectivity index (χ2n) is 3.38. The van der Waals surface area contributed by atoms with E-state index in [9.17, 15) is 0 Å². The number of aliphatic hydroxyl groups is 1. The van der Waals surface area contributed by atoms with Crippen molar-refractivity contribution < 1.29 is 19.1 Å². The summed E-state index contributed by atoms with van der Waals surface area (Å²) in [5.74, 6) is 1.62. The molecule has 0 saturated carbocycles. The quantitative estimate of drug-likeness (QED) is 0.876. The molecule has 1 aromatic heterocycles. The summed E-state index contributed by atoms with van der Waals surface area (Å²) < 4.78 is 15.4. The molecule has 0 spiro atoms. The predicted octanol–water partition coefficient (Wildman–Crippen LogP) is 1.85. The van der Waals surface area contributed by atoms with Crippen molar-refractivity contribution in [3.8, 4) is 22.8 Å². The number of benzene rings is 1. The molecule has 0 aliphatic carbocycles. The second-order valence-corrected chi connectivity index (χ2v) is 3.38. The Labute approximate surface area is 98.6 Å². The van der Waals surface area contributed by atoms with Crippen LogP contribution in [0.5, 0.6) is 11.5 Å². The van der Waals surface area contributed by atoms with E-state index in [0.717, 1.165) is 5.56 Å². The van der Waals surface area contributed by atoms with E-state index in [-0.39, 0.29) is 6.61 Å². The molecule has 90 valence electrons. The van der Waals surface area contributed by atoms with Crippen LogP contribution in [0.15, 0.2) is 28.8 Å². The van der Waals surface area contributed by atoms with E-state index in [2.05, 4.69) is 5.16 Å². The summed E-state index contributed by atoms with van der Waals surface area (Å²) in [6.45, 7) is -0.181. The number of ether oxygens (including phenoxy) is 2. The molecule has 0 bridgehead atoms. The van der Waals surface area contributed by atoms with Crippen molar-refractivity contribution in [1.82, 2.24) is 5.16 Å². The van der Waals surface area contributed by atoms with E-state index in [1.165, 1.54) is 0 Å². The first-order valence-electron chi connectivity index (χ1n) is 5.08. The fourth-order valence-electron chi connectivity index (χ4n) is 1.60. The minimum absolute atomic E-state index is 0.181.